The highest BCUT2D eigenvalue weighted by molar-refractivity contribution is 8.76. The first kappa shape index (κ1) is 10.8. The molecule has 0 amide bonds. The minimum absolute atomic E-state index is 0.578. The van der Waals surface area contributed by atoms with Gasteiger partial charge < -0.3 is 10.5 Å². The number of hydrogen-bond acceptors (Lipinski definition) is 5. The lowest BCUT2D eigenvalue weighted by Crippen LogP contribution is -2.07. The first-order chi connectivity index (χ1) is 6.43. The van der Waals surface area contributed by atoms with Crippen molar-refractivity contribution in [3.63, 3.8) is 0 Å². The molecule has 0 radical (unpaired) electrons. The summed E-state index contributed by atoms with van der Waals surface area (Å²) in [4.78, 5) is 4.16. The molecule has 0 spiro atoms. The molecule has 0 aliphatic rings. The summed E-state index contributed by atoms with van der Waals surface area (Å²) in [6.45, 7) is 1.20. The minimum Gasteiger partial charge on any atom is -0.369 e. The maximum atomic E-state index is 5.27. The zero-order valence-corrected chi connectivity index (χ0v) is 8.81. The van der Waals surface area contributed by atoms with E-state index in [1.165, 1.54) is 0 Å². The molecule has 0 bridgehead atoms. The quantitative estimate of drug-likeness (QED) is 0.446. The number of rotatable bonds is 6. The SMILES string of the molecule is NCCOCSSc1ccccn1. The molecule has 0 unspecified atom stereocenters. The van der Waals surface area contributed by atoms with Crippen LogP contribution in [0.25, 0.3) is 0 Å². The van der Waals surface area contributed by atoms with E-state index < -0.39 is 0 Å². The number of nitrogens with two attached hydrogens (primary N) is 1. The largest absolute Gasteiger partial charge is 0.369 e. The van der Waals surface area contributed by atoms with Crippen molar-refractivity contribution in [1.82, 2.24) is 4.98 Å². The third-order valence-corrected chi connectivity index (χ3v) is 3.12. The van der Waals surface area contributed by atoms with Crippen molar-refractivity contribution < 1.29 is 4.74 Å². The van der Waals surface area contributed by atoms with Crippen LogP contribution in [-0.2, 0) is 4.74 Å². The number of aromatic nitrogens is 1. The van der Waals surface area contributed by atoms with Gasteiger partial charge in [-0.25, -0.2) is 4.98 Å². The monoisotopic (exact) mass is 216 g/mol. The third kappa shape index (κ3) is 5.15. The van der Waals surface area contributed by atoms with Crippen LogP contribution in [0.1, 0.15) is 0 Å². The summed E-state index contributed by atoms with van der Waals surface area (Å²) in [5.74, 6) is 0.651. The van der Waals surface area contributed by atoms with E-state index in [1.54, 1.807) is 27.8 Å². The van der Waals surface area contributed by atoms with Crippen LogP contribution in [0.3, 0.4) is 0 Å². The Morgan fingerprint density at radius 1 is 1.46 bits per heavy atom. The Bertz CT molecular complexity index is 221. The lowest BCUT2D eigenvalue weighted by molar-refractivity contribution is 0.192. The zero-order chi connectivity index (χ0) is 9.36. The van der Waals surface area contributed by atoms with Gasteiger partial charge in [-0.1, -0.05) is 16.9 Å². The summed E-state index contributed by atoms with van der Waals surface area (Å²) in [5, 5.41) is 1.00. The van der Waals surface area contributed by atoms with Gasteiger partial charge in [0.1, 0.15) is 11.0 Å². The highest BCUT2D eigenvalue weighted by Gasteiger charge is 1.93. The van der Waals surface area contributed by atoms with Crippen LogP contribution in [0, 0.1) is 0 Å². The van der Waals surface area contributed by atoms with Gasteiger partial charge >= 0.3 is 0 Å². The van der Waals surface area contributed by atoms with Gasteiger partial charge in [0.2, 0.25) is 0 Å². The molecule has 1 aromatic rings. The molecule has 0 aliphatic carbocycles. The summed E-state index contributed by atoms with van der Waals surface area (Å²) in [6.07, 6.45) is 1.78. The van der Waals surface area contributed by atoms with Gasteiger partial charge in [0.15, 0.2) is 0 Å². The van der Waals surface area contributed by atoms with Crippen LogP contribution in [-0.4, -0.2) is 24.1 Å². The average molecular weight is 216 g/mol. The zero-order valence-electron chi connectivity index (χ0n) is 7.18. The van der Waals surface area contributed by atoms with Gasteiger partial charge in [0, 0.05) is 12.7 Å². The summed E-state index contributed by atoms with van der Waals surface area (Å²) in [5.41, 5.74) is 5.27. The Labute approximate surface area is 85.8 Å². The van der Waals surface area contributed by atoms with Crippen molar-refractivity contribution in [3.05, 3.63) is 24.4 Å². The fourth-order valence-electron chi connectivity index (χ4n) is 0.657. The predicted octanol–water partition coefficient (Wildman–Crippen LogP) is 1.75. The van der Waals surface area contributed by atoms with Crippen LogP contribution >= 0.6 is 21.6 Å². The van der Waals surface area contributed by atoms with Gasteiger partial charge in [0.25, 0.3) is 0 Å². The molecule has 1 aromatic heterocycles. The highest BCUT2D eigenvalue weighted by atomic mass is 33.1. The van der Waals surface area contributed by atoms with Gasteiger partial charge in [-0.05, 0) is 22.9 Å². The second kappa shape index (κ2) is 7.20. The molecule has 1 heterocycles. The van der Waals surface area contributed by atoms with E-state index in [1.807, 2.05) is 18.2 Å². The first-order valence-corrected chi connectivity index (χ1v) is 6.23. The van der Waals surface area contributed by atoms with E-state index in [-0.39, 0.29) is 0 Å². The molecule has 0 saturated carbocycles. The van der Waals surface area contributed by atoms with Gasteiger partial charge in [-0.15, -0.1) is 0 Å². The van der Waals surface area contributed by atoms with Crippen LogP contribution in [0.4, 0.5) is 0 Å². The molecule has 1 rings (SSSR count). The molecule has 0 saturated heterocycles. The summed E-state index contributed by atoms with van der Waals surface area (Å²) >= 11 is 0. The fourth-order valence-corrected chi connectivity index (χ4v) is 2.26. The maximum absolute atomic E-state index is 5.27. The average Bonchev–Trinajstić information content (AvgIpc) is 2.19. The maximum Gasteiger partial charge on any atom is 0.107 e. The smallest absolute Gasteiger partial charge is 0.107 e. The van der Waals surface area contributed by atoms with Crippen molar-refractivity contribution in [3.8, 4) is 0 Å². The Balaban J connectivity index is 2.07. The molecule has 72 valence electrons. The van der Waals surface area contributed by atoms with Crippen LogP contribution < -0.4 is 5.73 Å². The molecule has 13 heavy (non-hydrogen) atoms. The fraction of sp³-hybridized carbons (Fsp3) is 0.375. The van der Waals surface area contributed by atoms with Crippen molar-refractivity contribution >= 4 is 21.6 Å². The van der Waals surface area contributed by atoms with Crippen LogP contribution in [0.15, 0.2) is 29.4 Å². The molecule has 2 N–H and O–H groups in total. The van der Waals surface area contributed by atoms with E-state index in [9.17, 15) is 0 Å². The van der Waals surface area contributed by atoms with Crippen molar-refractivity contribution in [2.24, 2.45) is 5.73 Å². The normalized spacial score (nSPS) is 10.2. The number of hydrogen-bond donors (Lipinski definition) is 1. The molecule has 5 heteroatoms. The van der Waals surface area contributed by atoms with Crippen LogP contribution in [0.5, 0.6) is 0 Å². The molecule has 0 atom stereocenters. The molecular formula is C8H12N2OS2. The first-order valence-electron chi connectivity index (χ1n) is 3.92. The number of pyridine rings is 1. The van der Waals surface area contributed by atoms with E-state index in [0.29, 0.717) is 19.1 Å². The number of nitrogens with zero attached hydrogens (tertiary/aromatic N) is 1. The Kier molecular flexibility index (Phi) is 6.01. The second-order valence-corrected chi connectivity index (χ2v) is 4.45. The van der Waals surface area contributed by atoms with E-state index in [2.05, 4.69) is 4.98 Å². The van der Waals surface area contributed by atoms with Crippen molar-refractivity contribution in [1.29, 1.82) is 0 Å². The van der Waals surface area contributed by atoms with E-state index in [0.717, 1.165) is 5.03 Å². The molecular weight excluding hydrogens is 204 g/mol. The lowest BCUT2D eigenvalue weighted by Gasteiger charge is -2.00. The standard InChI is InChI=1S/C8H12N2OS2/c9-4-6-11-7-12-13-8-3-1-2-5-10-8/h1-3,5H,4,6-7,9H2. The van der Waals surface area contributed by atoms with Crippen LogP contribution in [0.2, 0.25) is 0 Å². The minimum atomic E-state index is 0.578. The Morgan fingerprint density at radius 2 is 2.38 bits per heavy atom. The summed E-state index contributed by atoms with van der Waals surface area (Å²) < 4.78 is 5.19. The highest BCUT2D eigenvalue weighted by Crippen LogP contribution is 2.28. The molecule has 0 aromatic carbocycles. The summed E-state index contributed by atoms with van der Waals surface area (Å²) in [6, 6.07) is 5.84. The predicted molar refractivity (Wildman–Crippen MR) is 57.6 cm³/mol. The molecule has 0 aliphatic heterocycles. The van der Waals surface area contributed by atoms with E-state index >= 15 is 0 Å². The van der Waals surface area contributed by atoms with Gasteiger partial charge in [0.05, 0.1) is 6.61 Å². The second-order valence-electron chi connectivity index (χ2n) is 2.18. The topological polar surface area (TPSA) is 48.1 Å². The Morgan fingerprint density at radius 3 is 3.08 bits per heavy atom. The third-order valence-electron chi connectivity index (χ3n) is 1.18. The molecule has 0 fully saturated rings. The lowest BCUT2D eigenvalue weighted by atomic mass is 10.5. The van der Waals surface area contributed by atoms with Crippen molar-refractivity contribution in [2.75, 3.05) is 19.1 Å². The van der Waals surface area contributed by atoms with E-state index in [4.69, 9.17) is 10.5 Å². The molecule has 3 nitrogen and oxygen atoms in total. The van der Waals surface area contributed by atoms with Gasteiger partial charge in [-0.3, -0.25) is 0 Å². The summed E-state index contributed by atoms with van der Waals surface area (Å²) in [7, 11) is 3.23. The van der Waals surface area contributed by atoms with Crippen molar-refractivity contribution in [2.45, 2.75) is 5.03 Å². The Hall–Kier alpha value is -0.230. The van der Waals surface area contributed by atoms with Gasteiger partial charge in [-0.2, -0.15) is 0 Å². The number of ether oxygens (including phenoxy) is 1.